The van der Waals surface area contributed by atoms with Gasteiger partial charge in [-0.3, -0.25) is 0 Å². The molecule has 0 aromatic carbocycles. The molecule has 1 aromatic heterocycles. The molecule has 0 aliphatic heterocycles. The summed E-state index contributed by atoms with van der Waals surface area (Å²) < 4.78 is 1.23. The second-order valence-electron chi connectivity index (χ2n) is 6.28. The molecule has 3 nitrogen and oxygen atoms in total. The standard InChI is InChI=1S/C15H28BrN3S/c1-17(2)7-5-9-19(10-6-8-18(3)4)12-15-11-14(16)13-20-15/h11,13H,5-10,12H2,1-4H3/p+3. The van der Waals surface area contributed by atoms with E-state index in [0.29, 0.717) is 0 Å². The van der Waals surface area contributed by atoms with E-state index in [1.165, 1.54) is 54.9 Å². The van der Waals surface area contributed by atoms with Gasteiger partial charge in [0, 0.05) is 22.7 Å². The normalized spacial score (nSPS) is 12.0. The van der Waals surface area contributed by atoms with Gasteiger partial charge in [0.25, 0.3) is 0 Å². The molecule has 0 aliphatic carbocycles. The quantitative estimate of drug-likeness (QED) is 0.469. The second-order valence-corrected chi connectivity index (χ2v) is 8.19. The Labute approximate surface area is 136 Å². The van der Waals surface area contributed by atoms with Gasteiger partial charge < -0.3 is 14.7 Å². The van der Waals surface area contributed by atoms with E-state index in [1.807, 2.05) is 11.3 Å². The fourth-order valence-corrected chi connectivity index (χ4v) is 3.90. The zero-order valence-corrected chi connectivity index (χ0v) is 15.8. The van der Waals surface area contributed by atoms with Crippen LogP contribution in [0.25, 0.3) is 0 Å². The molecule has 0 atom stereocenters. The Hall–Kier alpha value is 0.0600. The van der Waals surface area contributed by atoms with Crippen LogP contribution in [-0.4, -0.2) is 54.4 Å². The summed E-state index contributed by atoms with van der Waals surface area (Å²) in [5.41, 5.74) is 0. The third-order valence-corrected chi connectivity index (χ3v) is 5.16. The first-order chi connectivity index (χ1) is 9.47. The summed E-state index contributed by atoms with van der Waals surface area (Å²) in [7, 11) is 8.97. The average Bonchev–Trinajstić information content (AvgIpc) is 2.73. The van der Waals surface area contributed by atoms with E-state index in [2.05, 4.69) is 55.6 Å². The predicted octanol–water partition coefficient (Wildman–Crippen LogP) is -1.04. The lowest BCUT2D eigenvalue weighted by Gasteiger charge is -2.19. The van der Waals surface area contributed by atoms with Crippen molar-refractivity contribution in [2.45, 2.75) is 19.4 Å². The van der Waals surface area contributed by atoms with Crippen molar-refractivity contribution in [1.29, 1.82) is 0 Å². The molecule has 1 heterocycles. The van der Waals surface area contributed by atoms with Crippen molar-refractivity contribution in [1.82, 2.24) is 0 Å². The molecule has 0 unspecified atom stereocenters. The second kappa shape index (κ2) is 9.90. The molecule has 0 saturated carbocycles. The molecule has 0 amide bonds. The monoisotopic (exact) mass is 364 g/mol. The lowest BCUT2D eigenvalue weighted by atomic mass is 10.3. The molecule has 0 fully saturated rings. The van der Waals surface area contributed by atoms with E-state index in [4.69, 9.17) is 0 Å². The summed E-state index contributed by atoms with van der Waals surface area (Å²) in [6, 6.07) is 2.28. The molecular weight excluding hydrogens is 334 g/mol. The molecule has 0 aliphatic rings. The van der Waals surface area contributed by atoms with Gasteiger partial charge in [0.15, 0.2) is 0 Å². The van der Waals surface area contributed by atoms with E-state index in [1.54, 1.807) is 14.7 Å². The van der Waals surface area contributed by atoms with Crippen molar-refractivity contribution in [3.05, 3.63) is 20.8 Å². The van der Waals surface area contributed by atoms with Gasteiger partial charge in [0.1, 0.15) is 6.54 Å². The summed E-state index contributed by atoms with van der Waals surface area (Å²) >= 11 is 5.44. The molecule has 20 heavy (non-hydrogen) atoms. The maximum absolute atomic E-state index is 3.56. The Morgan fingerprint density at radius 3 is 1.90 bits per heavy atom. The molecule has 0 spiro atoms. The minimum absolute atomic E-state index is 1.18. The van der Waals surface area contributed by atoms with Gasteiger partial charge in [-0.05, 0) is 22.0 Å². The van der Waals surface area contributed by atoms with Gasteiger partial charge in [-0.1, -0.05) is 0 Å². The fourth-order valence-electron chi connectivity index (χ4n) is 2.38. The van der Waals surface area contributed by atoms with Crippen molar-refractivity contribution in [3.8, 4) is 0 Å². The summed E-state index contributed by atoms with van der Waals surface area (Å²) in [6.07, 6.45) is 2.64. The maximum Gasteiger partial charge on any atom is 0.112 e. The zero-order valence-electron chi connectivity index (χ0n) is 13.4. The van der Waals surface area contributed by atoms with Crippen LogP contribution in [0.3, 0.4) is 0 Å². The molecular formula is C15H31BrN3S+3. The third-order valence-electron chi connectivity index (χ3n) is 3.46. The Bertz CT molecular complexity index is 352. The van der Waals surface area contributed by atoms with Crippen LogP contribution in [0.1, 0.15) is 17.7 Å². The van der Waals surface area contributed by atoms with E-state index >= 15 is 0 Å². The van der Waals surface area contributed by atoms with Crippen LogP contribution in [0.15, 0.2) is 15.9 Å². The molecule has 0 saturated heterocycles. The van der Waals surface area contributed by atoms with E-state index in [0.717, 1.165) is 0 Å². The summed E-state index contributed by atoms with van der Waals surface area (Å²) in [5, 5.41) is 2.20. The van der Waals surface area contributed by atoms with Gasteiger partial charge in [-0.25, -0.2) is 0 Å². The number of nitrogens with one attached hydrogen (secondary N) is 3. The smallest absolute Gasteiger partial charge is 0.112 e. The highest BCUT2D eigenvalue weighted by Gasteiger charge is 2.12. The highest BCUT2D eigenvalue weighted by atomic mass is 79.9. The van der Waals surface area contributed by atoms with Crippen molar-refractivity contribution in [2.75, 3.05) is 54.4 Å². The van der Waals surface area contributed by atoms with Gasteiger partial charge in [-0.2, -0.15) is 0 Å². The third kappa shape index (κ3) is 8.37. The molecule has 1 aromatic rings. The maximum atomic E-state index is 3.56. The van der Waals surface area contributed by atoms with Crippen LogP contribution < -0.4 is 14.7 Å². The lowest BCUT2D eigenvalue weighted by molar-refractivity contribution is -0.925. The zero-order chi connectivity index (χ0) is 15.0. The van der Waals surface area contributed by atoms with E-state index in [9.17, 15) is 0 Å². The molecule has 3 N–H and O–H groups in total. The van der Waals surface area contributed by atoms with Crippen molar-refractivity contribution < 1.29 is 14.7 Å². The van der Waals surface area contributed by atoms with Gasteiger partial charge in [0.2, 0.25) is 0 Å². The van der Waals surface area contributed by atoms with Crippen molar-refractivity contribution in [2.24, 2.45) is 0 Å². The highest BCUT2D eigenvalue weighted by Crippen LogP contribution is 2.18. The average molecular weight is 365 g/mol. The van der Waals surface area contributed by atoms with Gasteiger partial charge in [-0.15, -0.1) is 11.3 Å². The molecule has 1 rings (SSSR count). The van der Waals surface area contributed by atoms with Gasteiger partial charge >= 0.3 is 0 Å². The molecule has 0 radical (unpaired) electrons. The molecule has 5 heteroatoms. The van der Waals surface area contributed by atoms with Crippen LogP contribution in [0.5, 0.6) is 0 Å². The number of halogens is 1. The van der Waals surface area contributed by atoms with Crippen molar-refractivity contribution in [3.63, 3.8) is 0 Å². The Morgan fingerprint density at radius 2 is 1.50 bits per heavy atom. The summed E-state index contributed by atoms with van der Waals surface area (Å²) in [5.74, 6) is 0. The minimum Gasteiger partial charge on any atom is -0.340 e. The number of thiophene rings is 1. The number of quaternary nitrogens is 3. The first-order valence-corrected chi connectivity index (χ1v) is 9.29. The number of hydrogen-bond acceptors (Lipinski definition) is 1. The van der Waals surface area contributed by atoms with Crippen LogP contribution >= 0.6 is 27.3 Å². The highest BCUT2D eigenvalue weighted by molar-refractivity contribution is 9.10. The van der Waals surface area contributed by atoms with Crippen molar-refractivity contribution >= 4 is 27.3 Å². The molecule has 0 bridgehead atoms. The Morgan fingerprint density at radius 1 is 0.950 bits per heavy atom. The Kier molecular flexibility index (Phi) is 8.96. The molecule has 116 valence electrons. The van der Waals surface area contributed by atoms with Crippen LogP contribution in [0.2, 0.25) is 0 Å². The predicted molar refractivity (Wildman–Crippen MR) is 91.0 cm³/mol. The van der Waals surface area contributed by atoms with E-state index in [-0.39, 0.29) is 0 Å². The SMILES string of the molecule is C[NH+](C)CCC[NH+](CCC[NH+](C)C)Cc1cc(Br)cs1. The minimum atomic E-state index is 1.18. The Balaban J connectivity index is 2.40. The number of hydrogen-bond donors (Lipinski definition) is 3. The lowest BCUT2D eigenvalue weighted by Crippen LogP contribution is -3.13. The first kappa shape index (κ1) is 18.1. The number of rotatable bonds is 10. The summed E-state index contributed by atoms with van der Waals surface area (Å²) in [4.78, 5) is 6.35. The van der Waals surface area contributed by atoms with Crippen LogP contribution in [0.4, 0.5) is 0 Å². The summed E-state index contributed by atoms with van der Waals surface area (Å²) in [6.45, 7) is 6.32. The first-order valence-electron chi connectivity index (χ1n) is 7.62. The van der Waals surface area contributed by atoms with Gasteiger partial charge in [0.05, 0.1) is 59.2 Å². The topological polar surface area (TPSA) is 13.3 Å². The van der Waals surface area contributed by atoms with E-state index < -0.39 is 0 Å². The van der Waals surface area contributed by atoms with Crippen LogP contribution in [0, 0.1) is 0 Å². The largest absolute Gasteiger partial charge is 0.340 e. The van der Waals surface area contributed by atoms with Crippen LogP contribution in [-0.2, 0) is 6.54 Å². The fraction of sp³-hybridized carbons (Fsp3) is 0.733.